The van der Waals surface area contributed by atoms with Gasteiger partial charge in [0.2, 0.25) is 5.88 Å². The summed E-state index contributed by atoms with van der Waals surface area (Å²) in [6, 6.07) is 9.95. The van der Waals surface area contributed by atoms with E-state index in [1.807, 2.05) is 6.07 Å². The molecule has 1 fully saturated rings. The van der Waals surface area contributed by atoms with Crippen LogP contribution in [0.5, 0.6) is 5.88 Å². The van der Waals surface area contributed by atoms with E-state index < -0.39 is 5.92 Å². The van der Waals surface area contributed by atoms with Crippen LogP contribution in [0.15, 0.2) is 42.6 Å². The van der Waals surface area contributed by atoms with Gasteiger partial charge < -0.3 is 9.64 Å². The number of rotatable bonds is 4. The van der Waals surface area contributed by atoms with Crippen LogP contribution in [0.4, 0.5) is 8.78 Å². The van der Waals surface area contributed by atoms with Crippen LogP contribution in [0.2, 0.25) is 0 Å². The van der Waals surface area contributed by atoms with E-state index in [0.717, 1.165) is 32.9 Å². The number of fused-ring (bicyclic) bond motifs is 1. The van der Waals surface area contributed by atoms with Crippen molar-refractivity contribution in [2.45, 2.75) is 31.8 Å². The van der Waals surface area contributed by atoms with Crippen molar-refractivity contribution in [3.63, 3.8) is 0 Å². The smallest absolute Gasteiger partial charge is 0.270 e. The number of hydrogen-bond acceptors (Lipinski definition) is 4. The number of aromatic nitrogens is 3. The molecule has 0 aliphatic carbocycles. The Labute approximate surface area is 156 Å². The highest BCUT2D eigenvalue weighted by Crippen LogP contribution is 2.30. The molecule has 27 heavy (non-hydrogen) atoms. The van der Waals surface area contributed by atoms with Gasteiger partial charge in [0, 0.05) is 30.7 Å². The molecule has 0 amide bonds. The van der Waals surface area contributed by atoms with Gasteiger partial charge in [-0.25, -0.2) is 18.3 Å². The molecule has 0 spiro atoms. The molecule has 1 atom stereocenters. The second-order valence-electron chi connectivity index (χ2n) is 7.20. The van der Waals surface area contributed by atoms with Crippen LogP contribution in [0.3, 0.4) is 0 Å². The fraction of sp³-hybridized carbons (Fsp3) is 0.400. The number of alkyl halides is 2. The number of halogens is 2. The molecular weight excluding hydrogens is 350 g/mol. The second-order valence-corrected chi connectivity index (χ2v) is 7.20. The number of benzene rings is 1. The summed E-state index contributed by atoms with van der Waals surface area (Å²) in [6.45, 7) is 2.84. The Morgan fingerprint density at radius 2 is 2.07 bits per heavy atom. The Morgan fingerprint density at radius 3 is 2.85 bits per heavy atom. The van der Waals surface area contributed by atoms with E-state index in [4.69, 9.17) is 4.74 Å². The average molecular weight is 372 g/mol. The number of likely N-dealkylation sites (tertiary alicyclic amines) is 1. The lowest BCUT2D eigenvalue weighted by Gasteiger charge is -2.29. The van der Waals surface area contributed by atoms with Crippen LogP contribution in [0, 0.1) is 0 Å². The maximum absolute atomic E-state index is 13.7. The summed E-state index contributed by atoms with van der Waals surface area (Å²) in [4.78, 5) is 6.58. The van der Waals surface area contributed by atoms with E-state index in [1.165, 1.54) is 12.1 Å². The molecule has 1 aliphatic rings. The first-order valence-corrected chi connectivity index (χ1v) is 9.09. The largest absolute Gasteiger partial charge is 0.472 e. The van der Waals surface area contributed by atoms with E-state index in [9.17, 15) is 8.78 Å². The van der Waals surface area contributed by atoms with Gasteiger partial charge in [-0.05, 0) is 38.6 Å². The van der Waals surface area contributed by atoms with Gasteiger partial charge in [-0.2, -0.15) is 0 Å². The van der Waals surface area contributed by atoms with Crippen LogP contribution in [-0.4, -0.2) is 45.7 Å². The monoisotopic (exact) mass is 372 g/mol. The topological polar surface area (TPSA) is 42.7 Å². The van der Waals surface area contributed by atoms with Crippen molar-refractivity contribution >= 4 is 5.65 Å². The standard InChI is InChI=1S/C20H22F2N4O/c1-20(21,22)15-6-3-5-14(11-15)17-12-23-18-8-9-19(24-26(17)18)27-16-7-4-10-25(2)13-16/h3,5-6,8-9,11-12,16H,4,7,10,13H2,1-2H3. The van der Waals surface area contributed by atoms with Crippen LogP contribution >= 0.6 is 0 Å². The SMILES string of the molecule is CN1CCCC(Oc2ccc3ncc(-c4cccc(C(C)(F)F)c4)n3n2)C1. The zero-order valence-electron chi connectivity index (χ0n) is 15.4. The minimum atomic E-state index is -2.90. The van der Waals surface area contributed by atoms with Crippen molar-refractivity contribution in [2.24, 2.45) is 0 Å². The highest BCUT2D eigenvalue weighted by atomic mass is 19.3. The molecule has 0 saturated carbocycles. The van der Waals surface area contributed by atoms with Crippen molar-refractivity contribution in [3.05, 3.63) is 48.2 Å². The Hall–Kier alpha value is -2.54. The molecule has 4 rings (SSSR count). The first-order valence-electron chi connectivity index (χ1n) is 9.09. The summed E-state index contributed by atoms with van der Waals surface area (Å²) < 4.78 is 35.1. The van der Waals surface area contributed by atoms with Crippen LogP contribution in [0.25, 0.3) is 16.9 Å². The van der Waals surface area contributed by atoms with Crippen molar-refractivity contribution in [2.75, 3.05) is 20.1 Å². The lowest BCUT2D eigenvalue weighted by molar-refractivity contribution is 0.0175. The minimum absolute atomic E-state index is 0.0346. The summed E-state index contributed by atoms with van der Waals surface area (Å²) in [7, 11) is 2.08. The summed E-state index contributed by atoms with van der Waals surface area (Å²) in [5, 5.41) is 4.55. The highest BCUT2D eigenvalue weighted by molar-refractivity contribution is 5.64. The Morgan fingerprint density at radius 1 is 1.22 bits per heavy atom. The lowest BCUT2D eigenvalue weighted by atomic mass is 10.0. The maximum Gasteiger partial charge on any atom is 0.270 e. The zero-order chi connectivity index (χ0) is 19.0. The predicted molar refractivity (Wildman–Crippen MR) is 99.1 cm³/mol. The Kier molecular flexibility index (Phi) is 4.55. The van der Waals surface area contributed by atoms with E-state index in [-0.39, 0.29) is 11.7 Å². The molecule has 3 heterocycles. The fourth-order valence-corrected chi connectivity index (χ4v) is 3.45. The number of nitrogens with zero attached hydrogens (tertiary/aromatic N) is 4. The molecule has 1 aliphatic heterocycles. The molecule has 0 radical (unpaired) electrons. The third kappa shape index (κ3) is 3.78. The van der Waals surface area contributed by atoms with Gasteiger partial charge in [0.1, 0.15) is 6.10 Å². The Balaban J connectivity index is 1.66. The van der Waals surface area contributed by atoms with E-state index in [2.05, 4.69) is 22.0 Å². The highest BCUT2D eigenvalue weighted by Gasteiger charge is 2.25. The third-order valence-corrected chi connectivity index (χ3v) is 4.87. The van der Waals surface area contributed by atoms with Gasteiger partial charge >= 0.3 is 0 Å². The molecule has 5 nitrogen and oxygen atoms in total. The first-order chi connectivity index (χ1) is 12.9. The van der Waals surface area contributed by atoms with Gasteiger partial charge in [-0.3, -0.25) is 0 Å². The quantitative estimate of drug-likeness (QED) is 0.695. The average Bonchev–Trinajstić information content (AvgIpc) is 3.04. The van der Waals surface area contributed by atoms with Gasteiger partial charge in [0.05, 0.1) is 11.9 Å². The summed E-state index contributed by atoms with van der Waals surface area (Å²) in [5.41, 5.74) is 1.91. The second kappa shape index (κ2) is 6.88. The number of imidazole rings is 1. The molecule has 142 valence electrons. The van der Waals surface area contributed by atoms with Crippen molar-refractivity contribution < 1.29 is 13.5 Å². The summed E-state index contributed by atoms with van der Waals surface area (Å²) in [5.74, 6) is -2.38. The van der Waals surface area contributed by atoms with Gasteiger partial charge in [0.25, 0.3) is 5.92 Å². The molecule has 0 bridgehead atoms. The van der Waals surface area contributed by atoms with E-state index in [1.54, 1.807) is 28.9 Å². The number of likely N-dealkylation sites (N-methyl/N-ethyl adjacent to an activating group) is 1. The van der Waals surface area contributed by atoms with Crippen molar-refractivity contribution in [1.82, 2.24) is 19.5 Å². The van der Waals surface area contributed by atoms with Crippen LogP contribution in [-0.2, 0) is 5.92 Å². The van der Waals surface area contributed by atoms with E-state index >= 15 is 0 Å². The van der Waals surface area contributed by atoms with Crippen LogP contribution < -0.4 is 4.74 Å². The number of piperidine rings is 1. The van der Waals surface area contributed by atoms with Gasteiger partial charge in [-0.1, -0.05) is 18.2 Å². The zero-order valence-corrected chi connectivity index (χ0v) is 15.4. The van der Waals surface area contributed by atoms with Gasteiger partial charge in [0.15, 0.2) is 5.65 Å². The van der Waals surface area contributed by atoms with Crippen molar-refractivity contribution in [1.29, 1.82) is 0 Å². The molecule has 7 heteroatoms. The third-order valence-electron chi connectivity index (χ3n) is 4.87. The first kappa shape index (κ1) is 17.9. The predicted octanol–water partition coefficient (Wildman–Crippen LogP) is 3.98. The number of ether oxygens (including phenoxy) is 1. The molecule has 2 aromatic heterocycles. The van der Waals surface area contributed by atoms with Crippen LogP contribution in [0.1, 0.15) is 25.3 Å². The molecule has 1 unspecified atom stereocenters. The molecule has 0 N–H and O–H groups in total. The maximum atomic E-state index is 13.7. The Bertz CT molecular complexity index is 951. The van der Waals surface area contributed by atoms with E-state index in [0.29, 0.717) is 22.8 Å². The minimum Gasteiger partial charge on any atom is -0.472 e. The molecular formula is C20H22F2N4O. The molecule has 3 aromatic rings. The molecule has 1 saturated heterocycles. The molecule has 1 aromatic carbocycles. The fourth-order valence-electron chi connectivity index (χ4n) is 3.45. The number of hydrogen-bond donors (Lipinski definition) is 0. The lowest BCUT2D eigenvalue weighted by Crippen LogP contribution is -2.38. The summed E-state index contributed by atoms with van der Waals surface area (Å²) in [6.07, 6.45) is 3.84. The van der Waals surface area contributed by atoms with Crippen molar-refractivity contribution in [3.8, 4) is 17.1 Å². The normalized spacial score (nSPS) is 18.7. The van der Waals surface area contributed by atoms with Gasteiger partial charge in [-0.15, -0.1) is 5.10 Å². The summed E-state index contributed by atoms with van der Waals surface area (Å²) >= 11 is 0.